The van der Waals surface area contributed by atoms with Gasteiger partial charge in [-0.3, -0.25) is 0 Å². The van der Waals surface area contributed by atoms with Crippen LogP contribution in [0.1, 0.15) is 56.0 Å². The molecule has 3 aromatic rings. The van der Waals surface area contributed by atoms with Crippen molar-refractivity contribution in [3.05, 3.63) is 58.4 Å². The van der Waals surface area contributed by atoms with Crippen molar-refractivity contribution in [3.63, 3.8) is 0 Å². The maximum atomic E-state index is 13.5. The van der Waals surface area contributed by atoms with E-state index in [-0.39, 0.29) is 34.8 Å². The topological polar surface area (TPSA) is 79.0 Å². The third kappa shape index (κ3) is 4.61. The van der Waals surface area contributed by atoms with E-state index in [0.717, 1.165) is 37.3 Å². The zero-order valence-corrected chi connectivity index (χ0v) is 20.3. The van der Waals surface area contributed by atoms with E-state index < -0.39 is 17.3 Å². The van der Waals surface area contributed by atoms with Crippen molar-refractivity contribution in [2.45, 2.75) is 56.9 Å². The van der Waals surface area contributed by atoms with Crippen LogP contribution in [0.15, 0.2) is 46.1 Å². The Morgan fingerprint density at radius 2 is 1.89 bits per heavy atom. The highest BCUT2D eigenvalue weighted by Gasteiger charge is 2.43. The molecule has 1 fully saturated rings. The first kappa shape index (κ1) is 24.4. The Balaban J connectivity index is 1.39. The SMILES string of the molecule is COc1ccc(C2=NOC(C)(c3nc(-c4c(Cl)cccc4C(F)(F)F)no3)C2)cc1OC1CCCC1. The van der Waals surface area contributed by atoms with Crippen LogP contribution in [-0.4, -0.2) is 29.1 Å². The molecule has 1 atom stereocenters. The maximum absolute atomic E-state index is 13.5. The fourth-order valence-corrected chi connectivity index (χ4v) is 4.73. The van der Waals surface area contributed by atoms with Crippen LogP contribution >= 0.6 is 11.6 Å². The molecule has 1 aromatic heterocycles. The zero-order chi connectivity index (χ0) is 25.5. The van der Waals surface area contributed by atoms with Crippen LogP contribution in [0.25, 0.3) is 11.4 Å². The molecule has 7 nitrogen and oxygen atoms in total. The van der Waals surface area contributed by atoms with Crippen molar-refractivity contribution in [2.24, 2.45) is 5.16 Å². The number of hydrogen-bond donors (Lipinski definition) is 0. The summed E-state index contributed by atoms with van der Waals surface area (Å²) in [6, 6.07) is 8.97. The molecule has 11 heteroatoms. The van der Waals surface area contributed by atoms with Crippen LogP contribution in [0.4, 0.5) is 13.2 Å². The Kier molecular flexibility index (Phi) is 6.32. The van der Waals surface area contributed by atoms with E-state index >= 15 is 0 Å². The Morgan fingerprint density at radius 3 is 2.61 bits per heavy atom. The van der Waals surface area contributed by atoms with Gasteiger partial charge in [0.1, 0.15) is 0 Å². The zero-order valence-electron chi connectivity index (χ0n) is 19.6. The summed E-state index contributed by atoms with van der Waals surface area (Å²) in [5.41, 5.74) is -1.12. The molecule has 1 aliphatic heterocycles. The molecule has 1 unspecified atom stereocenters. The summed E-state index contributed by atoms with van der Waals surface area (Å²) in [4.78, 5) is 9.87. The molecule has 0 amide bonds. The van der Waals surface area contributed by atoms with Gasteiger partial charge in [-0.15, -0.1) is 0 Å². The summed E-state index contributed by atoms with van der Waals surface area (Å²) in [6.45, 7) is 1.68. The first-order chi connectivity index (χ1) is 17.2. The lowest BCUT2D eigenvalue weighted by Crippen LogP contribution is -2.22. The molecular formula is C25H23ClF3N3O4. The van der Waals surface area contributed by atoms with Crippen LogP contribution in [0.3, 0.4) is 0 Å². The van der Waals surface area contributed by atoms with Crippen LogP contribution in [0, 0.1) is 0 Å². The second-order valence-electron chi connectivity index (χ2n) is 9.01. The molecule has 1 aliphatic carbocycles. The van der Waals surface area contributed by atoms with E-state index in [1.165, 1.54) is 12.1 Å². The normalized spacial score (nSPS) is 20.3. The fraction of sp³-hybridized carbons (Fsp3) is 0.400. The number of alkyl halides is 3. The molecule has 2 aliphatic rings. The van der Waals surface area contributed by atoms with E-state index in [0.29, 0.717) is 17.2 Å². The minimum Gasteiger partial charge on any atom is -0.493 e. The van der Waals surface area contributed by atoms with Gasteiger partial charge in [-0.25, -0.2) is 0 Å². The fourth-order valence-electron chi connectivity index (χ4n) is 4.47. The number of nitrogens with zero attached hydrogens (tertiary/aromatic N) is 3. The van der Waals surface area contributed by atoms with Gasteiger partial charge >= 0.3 is 6.18 Å². The molecule has 0 N–H and O–H groups in total. The summed E-state index contributed by atoms with van der Waals surface area (Å²) in [6.07, 6.45) is 0.0140. The number of halogens is 4. The molecular weight excluding hydrogens is 499 g/mol. The van der Waals surface area contributed by atoms with Gasteiger partial charge in [-0.05, 0) is 62.9 Å². The average Bonchev–Trinajstić information content (AvgIpc) is 3.60. The molecule has 1 saturated carbocycles. The highest BCUT2D eigenvalue weighted by Crippen LogP contribution is 2.42. The molecule has 0 saturated heterocycles. The molecule has 2 heterocycles. The molecule has 36 heavy (non-hydrogen) atoms. The summed E-state index contributed by atoms with van der Waals surface area (Å²) in [5, 5.41) is 7.83. The number of rotatable bonds is 6. The van der Waals surface area contributed by atoms with E-state index in [4.69, 9.17) is 30.4 Å². The molecule has 0 spiro atoms. The number of aromatic nitrogens is 2. The lowest BCUT2D eigenvalue weighted by molar-refractivity contribution is -0.137. The van der Waals surface area contributed by atoms with Crippen molar-refractivity contribution in [3.8, 4) is 22.9 Å². The quantitative estimate of drug-likeness (QED) is 0.356. The molecule has 2 aromatic carbocycles. The number of methoxy groups -OCH3 is 1. The minimum absolute atomic E-state index is 0.0137. The van der Waals surface area contributed by atoms with Crippen LogP contribution in [0.5, 0.6) is 11.5 Å². The smallest absolute Gasteiger partial charge is 0.417 e. The van der Waals surface area contributed by atoms with Gasteiger partial charge in [0.05, 0.1) is 35.1 Å². The van der Waals surface area contributed by atoms with Crippen molar-refractivity contribution in [1.29, 1.82) is 0 Å². The van der Waals surface area contributed by atoms with Gasteiger partial charge in [0.15, 0.2) is 11.5 Å². The Labute approximate surface area is 210 Å². The first-order valence-electron chi connectivity index (χ1n) is 11.5. The minimum atomic E-state index is -4.64. The summed E-state index contributed by atoms with van der Waals surface area (Å²) >= 11 is 6.08. The molecule has 5 rings (SSSR count). The number of benzene rings is 2. The Hall–Kier alpha value is -3.27. The second kappa shape index (κ2) is 9.31. The van der Waals surface area contributed by atoms with Gasteiger partial charge < -0.3 is 18.8 Å². The van der Waals surface area contributed by atoms with Crippen molar-refractivity contribution >= 4 is 17.3 Å². The van der Waals surface area contributed by atoms with Crippen molar-refractivity contribution in [2.75, 3.05) is 7.11 Å². The predicted octanol–water partition coefficient (Wildman–Crippen LogP) is 6.78. The Bertz CT molecular complexity index is 1300. The van der Waals surface area contributed by atoms with Crippen molar-refractivity contribution < 1.29 is 32.0 Å². The molecule has 190 valence electrons. The maximum Gasteiger partial charge on any atom is 0.417 e. The number of ether oxygens (including phenoxy) is 2. The second-order valence-corrected chi connectivity index (χ2v) is 9.42. The van der Waals surface area contributed by atoms with E-state index in [1.54, 1.807) is 20.1 Å². The summed E-state index contributed by atoms with van der Waals surface area (Å²) in [5.74, 6) is 0.949. The van der Waals surface area contributed by atoms with Crippen LogP contribution < -0.4 is 9.47 Å². The number of hydrogen-bond acceptors (Lipinski definition) is 7. The van der Waals surface area contributed by atoms with Gasteiger partial charge in [0.25, 0.3) is 5.89 Å². The third-order valence-electron chi connectivity index (χ3n) is 6.38. The van der Waals surface area contributed by atoms with Gasteiger partial charge in [0, 0.05) is 12.0 Å². The monoisotopic (exact) mass is 521 g/mol. The van der Waals surface area contributed by atoms with E-state index in [1.807, 2.05) is 12.1 Å². The van der Waals surface area contributed by atoms with E-state index in [9.17, 15) is 13.2 Å². The lowest BCUT2D eigenvalue weighted by Gasteiger charge is -2.17. The standard InChI is InChI=1S/C25H23ClF3N3O4/c1-24(23-30-22(32-35-23)21-16(25(27,28)29)8-5-9-17(21)26)13-18(31-36-24)14-10-11-19(33-2)20(12-14)34-15-6-3-4-7-15/h5,8-12,15H,3-4,6-7,13H2,1-2H3. The van der Waals surface area contributed by atoms with E-state index in [2.05, 4.69) is 15.3 Å². The average molecular weight is 522 g/mol. The summed E-state index contributed by atoms with van der Waals surface area (Å²) < 4.78 is 57.6. The highest BCUT2D eigenvalue weighted by molar-refractivity contribution is 6.33. The predicted molar refractivity (Wildman–Crippen MR) is 125 cm³/mol. The van der Waals surface area contributed by atoms with Gasteiger partial charge in [-0.1, -0.05) is 28.0 Å². The lowest BCUT2D eigenvalue weighted by atomic mass is 9.95. The van der Waals surface area contributed by atoms with Gasteiger partial charge in [-0.2, -0.15) is 18.2 Å². The summed E-state index contributed by atoms with van der Waals surface area (Å²) in [7, 11) is 1.58. The Morgan fingerprint density at radius 1 is 1.11 bits per heavy atom. The first-order valence-corrected chi connectivity index (χ1v) is 11.9. The molecule has 0 bridgehead atoms. The largest absolute Gasteiger partial charge is 0.493 e. The highest BCUT2D eigenvalue weighted by atomic mass is 35.5. The van der Waals surface area contributed by atoms with Crippen molar-refractivity contribution in [1.82, 2.24) is 10.1 Å². The third-order valence-corrected chi connectivity index (χ3v) is 6.69. The van der Waals surface area contributed by atoms with Crippen LogP contribution in [0.2, 0.25) is 5.02 Å². The van der Waals surface area contributed by atoms with Crippen LogP contribution in [-0.2, 0) is 16.6 Å². The number of oxime groups is 1. The van der Waals surface area contributed by atoms with Gasteiger partial charge in [0.2, 0.25) is 11.4 Å². The molecule has 0 radical (unpaired) electrons.